The number of hydrogen-bond donors (Lipinski definition) is 1. The first-order valence-electron chi connectivity index (χ1n) is 8.26. The van der Waals surface area contributed by atoms with Gasteiger partial charge < -0.3 is 14.5 Å². The first kappa shape index (κ1) is 18.5. The van der Waals surface area contributed by atoms with E-state index in [2.05, 4.69) is 17.0 Å². The number of hydrogen-bond acceptors (Lipinski definition) is 4. The number of methoxy groups -OCH3 is 1. The van der Waals surface area contributed by atoms with Crippen LogP contribution in [-0.2, 0) is 27.2 Å². The Morgan fingerprint density at radius 3 is 2.76 bits per heavy atom. The van der Waals surface area contributed by atoms with Crippen LogP contribution in [0.15, 0.2) is 40.8 Å². The highest BCUT2D eigenvalue weighted by molar-refractivity contribution is 6.02. The second kappa shape index (κ2) is 8.87. The minimum atomic E-state index is -0.280. The van der Waals surface area contributed by atoms with Crippen LogP contribution in [-0.4, -0.2) is 19.0 Å². The van der Waals surface area contributed by atoms with Crippen LogP contribution in [0.2, 0.25) is 0 Å². The molecule has 1 amide bonds. The van der Waals surface area contributed by atoms with Crippen molar-refractivity contribution in [2.45, 2.75) is 33.1 Å². The lowest BCUT2D eigenvalue weighted by Gasteiger charge is -2.11. The van der Waals surface area contributed by atoms with Gasteiger partial charge in [0.05, 0.1) is 13.5 Å². The fourth-order valence-corrected chi connectivity index (χ4v) is 2.47. The van der Waals surface area contributed by atoms with E-state index >= 15 is 0 Å². The Morgan fingerprint density at radius 2 is 2.04 bits per heavy atom. The van der Waals surface area contributed by atoms with Gasteiger partial charge in [-0.2, -0.15) is 0 Å². The molecule has 2 aromatic rings. The Kier molecular flexibility index (Phi) is 6.57. The van der Waals surface area contributed by atoms with Gasteiger partial charge in [0.25, 0.3) is 0 Å². The molecular formula is C20H23NO4. The van der Waals surface area contributed by atoms with E-state index in [4.69, 9.17) is 4.42 Å². The van der Waals surface area contributed by atoms with Crippen LogP contribution >= 0.6 is 0 Å². The Hall–Kier alpha value is -2.82. The number of amides is 1. The zero-order chi connectivity index (χ0) is 18.2. The van der Waals surface area contributed by atoms with Gasteiger partial charge in [-0.15, -0.1) is 0 Å². The van der Waals surface area contributed by atoms with Crippen LogP contribution < -0.4 is 5.32 Å². The van der Waals surface area contributed by atoms with Crippen molar-refractivity contribution in [2.75, 3.05) is 12.4 Å². The maximum Gasteiger partial charge on any atom is 0.305 e. The molecule has 5 nitrogen and oxygen atoms in total. The lowest BCUT2D eigenvalue weighted by molar-refractivity contribution is -0.140. The van der Waals surface area contributed by atoms with E-state index in [1.165, 1.54) is 13.2 Å². The molecule has 0 unspecified atom stereocenters. The van der Waals surface area contributed by atoms with Gasteiger partial charge >= 0.3 is 5.97 Å². The fraction of sp³-hybridized carbons (Fsp3) is 0.300. The molecule has 0 saturated carbocycles. The first-order valence-corrected chi connectivity index (χ1v) is 8.26. The van der Waals surface area contributed by atoms with Gasteiger partial charge in [-0.25, -0.2) is 0 Å². The summed E-state index contributed by atoms with van der Waals surface area (Å²) >= 11 is 0. The zero-order valence-electron chi connectivity index (χ0n) is 14.8. The van der Waals surface area contributed by atoms with Crippen LogP contribution in [0.3, 0.4) is 0 Å². The molecule has 0 atom stereocenters. The third-order valence-corrected chi connectivity index (χ3v) is 3.87. The number of furan rings is 1. The standard InChI is InChI=1S/C20H23NO4/c1-4-15-7-5-6-14(2)20(15)21-18(22)12-10-16-8-9-17(25-16)11-13-19(23)24-3/h5-10,12H,4,11,13H2,1-3H3,(H,21,22)/b12-10+. The van der Waals surface area contributed by atoms with Crippen LogP contribution in [0.5, 0.6) is 0 Å². The Labute approximate surface area is 147 Å². The first-order chi connectivity index (χ1) is 12.0. The summed E-state index contributed by atoms with van der Waals surface area (Å²) in [5.74, 6) is 0.752. The van der Waals surface area contributed by atoms with Gasteiger partial charge in [-0.3, -0.25) is 9.59 Å². The van der Waals surface area contributed by atoms with Gasteiger partial charge in [-0.05, 0) is 42.7 Å². The molecule has 0 aliphatic heterocycles. The van der Waals surface area contributed by atoms with Gasteiger partial charge in [0.15, 0.2) is 0 Å². The summed E-state index contributed by atoms with van der Waals surface area (Å²) in [5, 5.41) is 2.93. The number of nitrogens with one attached hydrogen (secondary N) is 1. The van der Waals surface area contributed by atoms with Crippen molar-refractivity contribution in [3.8, 4) is 0 Å². The SMILES string of the molecule is CCc1cccc(C)c1NC(=O)/C=C/c1ccc(CCC(=O)OC)o1. The average Bonchev–Trinajstić information content (AvgIpc) is 3.07. The summed E-state index contributed by atoms with van der Waals surface area (Å²) in [6.45, 7) is 4.03. The third kappa shape index (κ3) is 5.35. The average molecular weight is 341 g/mol. The molecule has 1 aromatic carbocycles. The maximum absolute atomic E-state index is 12.2. The van der Waals surface area contributed by atoms with Crippen LogP contribution in [0.4, 0.5) is 5.69 Å². The molecule has 132 valence electrons. The topological polar surface area (TPSA) is 68.5 Å². The molecule has 25 heavy (non-hydrogen) atoms. The van der Waals surface area contributed by atoms with E-state index < -0.39 is 0 Å². The van der Waals surface area contributed by atoms with Crippen molar-refractivity contribution in [3.63, 3.8) is 0 Å². The van der Waals surface area contributed by atoms with Crippen molar-refractivity contribution in [1.82, 2.24) is 0 Å². The predicted molar refractivity (Wildman–Crippen MR) is 97.3 cm³/mol. The van der Waals surface area contributed by atoms with Crippen LogP contribution in [0.25, 0.3) is 6.08 Å². The zero-order valence-corrected chi connectivity index (χ0v) is 14.8. The fourth-order valence-electron chi connectivity index (χ4n) is 2.47. The van der Waals surface area contributed by atoms with Crippen molar-refractivity contribution in [2.24, 2.45) is 0 Å². The summed E-state index contributed by atoms with van der Waals surface area (Å²) in [7, 11) is 1.36. The molecular weight excluding hydrogens is 318 g/mol. The third-order valence-electron chi connectivity index (χ3n) is 3.87. The Balaban J connectivity index is 1.97. The van der Waals surface area contributed by atoms with E-state index in [1.807, 2.05) is 25.1 Å². The number of esters is 1. The highest BCUT2D eigenvalue weighted by atomic mass is 16.5. The molecule has 0 aliphatic carbocycles. The summed E-state index contributed by atoms with van der Waals surface area (Å²) in [6, 6.07) is 9.52. The second-order valence-electron chi connectivity index (χ2n) is 5.67. The van der Waals surface area contributed by atoms with Crippen LogP contribution in [0, 0.1) is 6.92 Å². The lowest BCUT2D eigenvalue weighted by Crippen LogP contribution is -2.10. The molecule has 0 spiro atoms. The largest absolute Gasteiger partial charge is 0.469 e. The number of para-hydroxylation sites is 1. The highest BCUT2D eigenvalue weighted by Gasteiger charge is 2.07. The minimum absolute atomic E-state index is 0.212. The van der Waals surface area contributed by atoms with E-state index in [0.717, 1.165) is 23.2 Å². The molecule has 0 aliphatic rings. The number of aryl methyl sites for hydroxylation is 3. The molecule has 2 rings (SSSR count). The Bertz CT molecular complexity index is 774. The van der Waals surface area contributed by atoms with E-state index in [1.54, 1.807) is 18.2 Å². The molecule has 5 heteroatoms. The van der Waals surface area contributed by atoms with Gasteiger partial charge in [-0.1, -0.05) is 25.1 Å². The van der Waals surface area contributed by atoms with Crippen molar-refractivity contribution >= 4 is 23.6 Å². The van der Waals surface area contributed by atoms with E-state index in [0.29, 0.717) is 17.9 Å². The number of anilines is 1. The van der Waals surface area contributed by atoms with Gasteiger partial charge in [0, 0.05) is 18.2 Å². The normalized spacial score (nSPS) is 10.8. The predicted octanol–water partition coefficient (Wildman–Crippen LogP) is 3.91. The molecule has 0 radical (unpaired) electrons. The lowest BCUT2D eigenvalue weighted by atomic mass is 10.1. The number of ether oxygens (including phenoxy) is 1. The number of carbonyl (C=O) groups excluding carboxylic acids is 2. The molecule has 0 bridgehead atoms. The van der Waals surface area contributed by atoms with Crippen molar-refractivity contribution in [3.05, 3.63) is 59.1 Å². The number of carbonyl (C=O) groups is 2. The summed E-state index contributed by atoms with van der Waals surface area (Å²) in [6.07, 6.45) is 4.63. The van der Waals surface area contributed by atoms with Crippen molar-refractivity contribution in [1.29, 1.82) is 0 Å². The maximum atomic E-state index is 12.2. The smallest absolute Gasteiger partial charge is 0.305 e. The number of benzene rings is 1. The molecule has 0 fully saturated rings. The molecule has 1 N–H and O–H groups in total. The van der Waals surface area contributed by atoms with E-state index in [9.17, 15) is 9.59 Å². The number of rotatable bonds is 7. The minimum Gasteiger partial charge on any atom is -0.469 e. The van der Waals surface area contributed by atoms with Gasteiger partial charge in [0.1, 0.15) is 11.5 Å². The second-order valence-corrected chi connectivity index (χ2v) is 5.67. The highest BCUT2D eigenvalue weighted by Crippen LogP contribution is 2.21. The summed E-state index contributed by atoms with van der Waals surface area (Å²) in [4.78, 5) is 23.3. The molecule has 1 heterocycles. The van der Waals surface area contributed by atoms with Gasteiger partial charge in [0.2, 0.25) is 5.91 Å². The Morgan fingerprint density at radius 1 is 1.24 bits per heavy atom. The molecule has 1 aromatic heterocycles. The summed E-state index contributed by atoms with van der Waals surface area (Å²) in [5.41, 5.74) is 2.99. The monoisotopic (exact) mass is 341 g/mol. The van der Waals surface area contributed by atoms with Crippen LogP contribution in [0.1, 0.15) is 36.0 Å². The molecule has 0 saturated heterocycles. The van der Waals surface area contributed by atoms with Crippen molar-refractivity contribution < 1.29 is 18.7 Å². The quantitative estimate of drug-likeness (QED) is 0.612. The summed E-state index contributed by atoms with van der Waals surface area (Å²) < 4.78 is 10.2. The van der Waals surface area contributed by atoms with E-state index in [-0.39, 0.29) is 18.3 Å².